The molecule has 2 saturated heterocycles. The van der Waals surface area contributed by atoms with Gasteiger partial charge in [-0.2, -0.15) is 0 Å². The monoisotopic (exact) mass is 656 g/mol. The lowest BCUT2D eigenvalue weighted by Gasteiger charge is -2.58. The lowest BCUT2D eigenvalue weighted by molar-refractivity contribution is -0.499. The minimum absolute atomic E-state index is 0.0363. The molecule has 4 rings (SSSR count). The molecule has 9 nitrogen and oxygen atoms in total. The normalized spacial score (nSPS) is 32.3. The average Bonchev–Trinajstić information content (AvgIpc) is 2.99. The van der Waals surface area contributed by atoms with E-state index in [1.165, 1.54) is 14.2 Å². The maximum atomic E-state index is 16.2. The number of benzene rings is 2. The van der Waals surface area contributed by atoms with Crippen molar-refractivity contribution in [2.45, 2.75) is 87.8 Å². The largest absolute Gasteiger partial charge is 0.497 e. The van der Waals surface area contributed by atoms with Gasteiger partial charge in [0.15, 0.2) is 6.17 Å². The van der Waals surface area contributed by atoms with Crippen LogP contribution in [0.25, 0.3) is 0 Å². The topological polar surface area (TPSA) is 94.1 Å². The highest BCUT2D eigenvalue weighted by molar-refractivity contribution is 6.76. The van der Waals surface area contributed by atoms with Crippen LogP contribution in [0.15, 0.2) is 42.5 Å². The third-order valence-electron chi connectivity index (χ3n) is 8.46. The predicted molar refractivity (Wildman–Crippen MR) is 166 cm³/mol. The van der Waals surface area contributed by atoms with E-state index in [0.29, 0.717) is 23.6 Å². The summed E-state index contributed by atoms with van der Waals surface area (Å²) in [6, 6.07) is 13.6. The van der Waals surface area contributed by atoms with Crippen LogP contribution in [0, 0.1) is 0 Å². The quantitative estimate of drug-likeness (QED) is 0.167. The van der Waals surface area contributed by atoms with Crippen LogP contribution in [0.5, 0.6) is 5.75 Å². The molecule has 2 unspecified atom stereocenters. The fourth-order valence-electron chi connectivity index (χ4n) is 5.34. The molecule has 2 aromatic carbocycles. The number of methoxy groups -OCH3 is 3. The van der Waals surface area contributed by atoms with Crippen molar-refractivity contribution < 1.29 is 47.4 Å². The molecule has 2 fully saturated rings. The first kappa shape index (κ1) is 35.2. The SMILES string of the molecule is COc1ccc(Cc2cc([C@]3(O)O[C@H](COCOCC[Si](C)(C)C)[C@H](F)[C@@H]4OC(C)(OC)C(C)(OC)O[C@H]43)ccc2Cl)cc1. The minimum Gasteiger partial charge on any atom is -0.497 e. The van der Waals surface area contributed by atoms with Crippen LogP contribution in [-0.4, -0.2) is 90.6 Å². The van der Waals surface area contributed by atoms with E-state index < -0.39 is 49.9 Å². The van der Waals surface area contributed by atoms with Gasteiger partial charge in [-0.25, -0.2) is 4.39 Å². The molecule has 0 bridgehead atoms. The molecule has 0 radical (unpaired) electrons. The Morgan fingerprint density at radius 1 is 0.932 bits per heavy atom. The van der Waals surface area contributed by atoms with Crippen molar-refractivity contribution in [1.29, 1.82) is 0 Å². The molecule has 2 aromatic rings. The lowest BCUT2D eigenvalue weighted by atomic mass is 9.85. The van der Waals surface area contributed by atoms with Gasteiger partial charge in [0.1, 0.15) is 30.9 Å². The maximum absolute atomic E-state index is 16.2. The van der Waals surface area contributed by atoms with Crippen molar-refractivity contribution in [3.8, 4) is 5.75 Å². The van der Waals surface area contributed by atoms with Gasteiger partial charge in [-0.3, -0.25) is 0 Å². The highest BCUT2D eigenvalue weighted by Crippen LogP contribution is 2.50. The smallest absolute Gasteiger partial charge is 0.222 e. The van der Waals surface area contributed by atoms with Crippen LogP contribution in [0.2, 0.25) is 30.7 Å². The molecule has 0 saturated carbocycles. The molecule has 2 aliphatic heterocycles. The highest BCUT2D eigenvalue weighted by atomic mass is 35.5. The molecule has 0 aromatic heterocycles. The number of fused-ring (bicyclic) bond motifs is 1. The molecular formula is C32H46ClFO9Si. The van der Waals surface area contributed by atoms with E-state index in [1.54, 1.807) is 39.2 Å². The van der Waals surface area contributed by atoms with E-state index in [2.05, 4.69) is 19.6 Å². The Hall–Kier alpha value is -1.64. The van der Waals surface area contributed by atoms with E-state index in [0.717, 1.165) is 22.9 Å². The molecule has 12 heteroatoms. The van der Waals surface area contributed by atoms with Gasteiger partial charge >= 0.3 is 0 Å². The second-order valence-electron chi connectivity index (χ2n) is 12.8. The fraction of sp³-hybridized carbons (Fsp3) is 0.625. The van der Waals surface area contributed by atoms with Gasteiger partial charge in [0.05, 0.1) is 13.7 Å². The molecular weight excluding hydrogens is 611 g/mol. The Morgan fingerprint density at radius 3 is 2.20 bits per heavy atom. The Kier molecular flexibility index (Phi) is 11.2. The Bertz CT molecular complexity index is 1250. The van der Waals surface area contributed by atoms with Gasteiger partial charge in [0, 0.05) is 39.5 Å². The first-order chi connectivity index (χ1) is 20.7. The molecule has 2 heterocycles. The number of aliphatic hydroxyl groups is 1. The van der Waals surface area contributed by atoms with Crippen LogP contribution < -0.4 is 4.74 Å². The molecule has 0 amide bonds. The first-order valence-corrected chi connectivity index (χ1v) is 18.8. The maximum Gasteiger partial charge on any atom is 0.222 e. The van der Waals surface area contributed by atoms with E-state index in [1.807, 2.05) is 24.3 Å². The number of halogens is 2. The zero-order chi connectivity index (χ0) is 32.3. The minimum atomic E-state index is -2.17. The molecule has 246 valence electrons. The predicted octanol–water partition coefficient (Wildman–Crippen LogP) is 5.66. The Balaban J connectivity index is 1.64. The van der Waals surface area contributed by atoms with E-state index in [-0.39, 0.29) is 13.4 Å². The molecule has 7 atom stereocenters. The van der Waals surface area contributed by atoms with Gasteiger partial charge < -0.3 is 43.0 Å². The summed E-state index contributed by atoms with van der Waals surface area (Å²) in [4.78, 5) is 0. The fourth-order valence-corrected chi connectivity index (χ4v) is 6.28. The van der Waals surface area contributed by atoms with Crippen LogP contribution in [0.1, 0.15) is 30.5 Å². The second kappa shape index (κ2) is 14.0. The van der Waals surface area contributed by atoms with Crippen LogP contribution >= 0.6 is 11.6 Å². The van der Waals surface area contributed by atoms with Crippen LogP contribution in [0.3, 0.4) is 0 Å². The van der Waals surface area contributed by atoms with Crippen LogP contribution in [0.4, 0.5) is 4.39 Å². The zero-order valence-electron chi connectivity index (χ0n) is 26.9. The average molecular weight is 657 g/mol. The van der Waals surface area contributed by atoms with Gasteiger partial charge in [-0.1, -0.05) is 49.4 Å². The van der Waals surface area contributed by atoms with Gasteiger partial charge in [0.25, 0.3) is 0 Å². The molecule has 0 aliphatic carbocycles. The summed E-state index contributed by atoms with van der Waals surface area (Å²) in [7, 11) is 3.17. The number of hydrogen-bond donors (Lipinski definition) is 1. The molecule has 2 aliphatic rings. The highest BCUT2D eigenvalue weighted by Gasteiger charge is 2.67. The third-order valence-corrected chi connectivity index (χ3v) is 10.5. The number of hydrogen-bond acceptors (Lipinski definition) is 9. The van der Waals surface area contributed by atoms with Crippen molar-refractivity contribution in [1.82, 2.24) is 0 Å². The van der Waals surface area contributed by atoms with Gasteiger partial charge in [-0.05, 0) is 61.7 Å². The van der Waals surface area contributed by atoms with Crippen molar-refractivity contribution in [2.24, 2.45) is 0 Å². The number of alkyl halides is 1. The summed E-state index contributed by atoms with van der Waals surface area (Å²) in [6.45, 7) is 10.3. The van der Waals surface area contributed by atoms with Crippen molar-refractivity contribution >= 4 is 19.7 Å². The number of ether oxygens (including phenoxy) is 8. The molecule has 0 spiro atoms. The summed E-state index contributed by atoms with van der Waals surface area (Å²) < 4.78 is 62.8. The van der Waals surface area contributed by atoms with E-state index in [9.17, 15) is 5.11 Å². The standard InChI is InChI=1S/C32H46ClFO9Si/c1-30(37-4)31(2,38-5)43-29-28(42-30)27(34)26(19-40-20-39-15-16-44(6,7)8)41-32(29,35)23-11-14-25(33)22(18-23)17-21-9-12-24(36-3)13-10-21/h9-14,18,26-29,35H,15-17,19-20H2,1-8H3/t26-,27+,28+,29-,30?,31?,32+/m1/s1. The first-order valence-electron chi connectivity index (χ1n) is 14.8. The second-order valence-corrected chi connectivity index (χ2v) is 18.8. The third kappa shape index (κ3) is 7.49. The Labute approximate surface area is 265 Å². The van der Waals surface area contributed by atoms with Crippen LogP contribution in [-0.2, 0) is 45.4 Å². The summed E-state index contributed by atoms with van der Waals surface area (Å²) >= 11 is 6.61. The summed E-state index contributed by atoms with van der Waals surface area (Å²) in [5.74, 6) is -4.46. The lowest BCUT2D eigenvalue weighted by Crippen LogP contribution is -2.74. The van der Waals surface area contributed by atoms with Crippen molar-refractivity contribution in [3.63, 3.8) is 0 Å². The van der Waals surface area contributed by atoms with E-state index >= 15 is 4.39 Å². The van der Waals surface area contributed by atoms with E-state index in [4.69, 9.17) is 49.5 Å². The number of rotatable bonds is 13. The summed E-state index contributed by atoms with van der Waals surface area (Å²) in [6.07, 6.45) is -5.15. The summed E-state index contributed by atoms with van der Waals surface area (Å²) in [5, 5.41) is 12.8. The van der Waals surface area contributed by atoms with Gasteiger partial charge in [0.2, 0.25) is 17.4 Å². The van der Waals surface area contributed by atoms with Crippen molar-refractivity contribution in [3.05, 3.63) is 64.2 Å². The molecule has 1 N–H and O–H groups in total. The van der Waals surface area contributed by atoms with Gasteiger partial charge in [-0.15, -0.1) is 0 Å². The molecule has 44 heavy (non-hydrogen) atoms. The Morgan fingerprint density at radius 2 is 1.59 bits per heavy atom. The summed E-state index contributed by atoms with van der Waals surface area (Å²) in [5.41, 5.74) is 2.01. The van der Waals surface area contributed by atoms with Crippen molar-refractivity contribution in [2.75, 3.05) is 41.3 Å². The zero-order valence-corrected chi connectivity index (χ0v) is 28.6.